The second-order valence-corrected chi connectivity index (χ2v) is 4.98. The van der Waals surface area contributed by atoms with Gasteiger partial charge in [-0.2, -0.15) is 0 Å². The van der Waals surface area contributed by atoms with Gasteiger partial charge in [-0.3, -0.25) is 4.79 Å². The number of hydrogen-bond donors (Lipinski definition) is 0. The minimum Gasteiger partial charge on any atom is -0.378 e. The quantitative estimate of drug-likeness (QED) is 0.704. The molecule has 0 aromatic carbocycles. The summed E-state index contributed by atoms with van der Waals surface area (Å²) in [6.07, 6.45) is 5.38. The summed E-state index contributed by atoms with van der Waals surface area (Å²) in [5, 5.41) is 0.854. The van der Waals surface area contributed by atoms with Gasteiger partial charge in [0.2, 0.25) is 5.91 Å². The van der Waals surface area contributed by atoms with Gasteiger partial charge in [-0.1, -0.05) is 15.9 Å². The van der Waals surface area contributed by atoms with Crippen molar-refractivity contribution in [2.45, 2.75) is 45.1 Å². The maximum Gasteiger partial charge on any atom is 0.222 e. The lowest BCUT2D eigenvalue weighted by Gasteiger charge is -2.24. The summed E-state index contributed by atoms with van der Waals surface area (Å²) in [6, 6.07) is 0. The summed E-state index contributed by atoms with van der Waals surface area (Å²) in [4.78, 5) is 13.8. The van der Waals surface area contributed by atoms with Crippen LogP contribution >= 0.6 is 15.9 Å². The first-order chi connectivity index (χ1) is 7.77. The lowest BCUT2D eigenvalue weighted by molar-refractivity contribution is -0.131. The van der Waals surface area contributed by atoms with Crippen LogP contribution in [0.2, 0.25) is 0 Å². The van der Waals surface area contributed by atoms with Crippen LogP contribution in [0.15, 0.2) is 0 Å². The Labute approximate surface area is 107 Å². The zero-order chi connectivity index (χ0) is 11.8. The minimum absolute atomic E-state index is 0.260. The lowest BCUT2D eigenvalue weighted by Crippen LogP contribution is -2.33. The molecule has 1 rings (SSSR count). The van der Waals surface area contributed by atoms with Crippen molar-refractivity contribution in [2.75, 3.05) is 25.0 Å². The highest BCUT2D eigenvalue weighted by Gasteiger charge is 2.17. The SMILES string of the molecule is CCN(CCBr)C(=O)CCC1CCCCO1. The van der Waals surface area contributed by atoms with Crippen molar-refractivity contribution >= 4 is 21.8 Å². The van der Waals surface area contributed by atoms with Crippen molar-refractivity contribution in [1.29, 1.82) is 0 Å². The zero-order valence-corrected chi connectivity index (χ0v) is 11.7. The maximum absolute atomic E-state index is 11.9. The van der Waals surface area contributed by atoms with Gasteiger partial charge in [0.25, 0.3) is 0 Å². The maximum atomic E-state index is 11.9. The molecule has 0 saturated carbocycles. The largest absolute Gasteiger partial charge is 0.378 e. The van der Waals surface area contributed by atoms with Crippen LogP contribution in [0.25, 0.3) is 0 Å². The van der Waals surface area contributed by atoms with E-state index < -0.39 is 0 Å². The highest BCUT2D eigenvalue weighted by Crippen LogP contribution is 2.17. The van der Waals surface area contributed by atoms with Gasteiger partial charge >= 0.3 is 0 Å². The summed E-state index contributed by atoms with van der Waals surface area (Å²) in [5.41, 5.74) is 0. The van der Waals surface area contributed by atoms with Gasteiger partial charge < -0.3 is 9.64 Å². The van der Waals surface area contributed by atoms with E-state index in [0.717, 1.165) is 37.9 Å². The zero-order valence-electron chi connectivity index (χ0n) is 10.1. The Morgan fingerprint density at radius 2 is 2.31 bits per heavy atom. The number of ether oxygens (including phenoxy) is 1. The second kappa shape index (κ2) is 8.07. The van der Waals surface area contributed by atoms with Crippen LogP contribution in [0.4, 0.5) is 0 Å². The summed E-state index contributed by atoms with van der Waals surface area (Å²) in [7, 11) is 0. The standard InChI is InChI=1S/C12H22BrNO2/c1-2-14(9-8-13)12(15)7-6-11-5-3-4-10-16-11/h11H,2-10H2,1H3. The predicted octanol–water partition coefficient (Wildman–Crippen LogP) is 2.58. The molecule has 1 saturated heterocycles. The van der Waals surface area contributed by atoms with Crippen molar-refractivity contribution in [2.24, 2.45) is 0 Å². The van der Waals surface area contributed by atoms with E-state index in [0.29, 0.717) is 12.5 Å². The van der Waals surface area contributed by atoms with Crippen molar-refractivity contribution < 1.29 is 9.53 Å². The molecule has 1 amide bonds. The highest BCUT2D eigenvalue weighted by molar-refractivity contribution is 9.09. The molecule has 1 fully saturated rings. The average molecular weight is 292 g/mol. The van der Waals surface area contributed by atoms with Crippen molar-refractivity contribution in [3.8, 4) is 0 Å². The van der Waals surface area contributed by atoms with Crippen molar-refractivity contribution in [3.63, 3.8) is 0 Å². The molecule has 0 aromatic heterocycles. The fourth-order valence-corrected chi connectivity index (χ4v) is 2.47. The number of alkyl halides is 1. The Kier molecular flexibility index (Phi) is 7.05. The molecule has 94 valence electrons. The summed E-state index contributed by atoms with van der Waals surface area (Å²) in [5.74, 6) is 0.260. The number of nitrogens with zero attached hydrogens (tertiary/aromatic N) is 1. The van der Waals surface area contributed by atoms with Gasteiger partial charge in [-0.05, 0) is 32.6 Å². The Bertz CT molecular complexity index is 205. The smallest absolute Gasteiger partial charge is 0.222 e. The van der Waals surface area contributed by atoms with E-state index in [4.69, 9.17) is 4.74 Å². The molecule has 3 nitrogen and oxygen atoms in total. The van der Waals surface area contributed by atoms with Crippen molar-refractivity contribution in [1.82, 2.24) is 4.90 Å². The van der Waals surface area contributed by atoms with Gasteiger partial charge in [0, 0.05) is 31.4 Å². The van der Waals surface area contributed by atoms with Gasteiger partial charge in [-0.15, -0.1) is 0 Å². The number of hydrogen-bond acceptors (Lipinski definition) is 2. The topological polar surface area (TPSA) is 29.5 Å². The van der Waals surface area contributed by atoms with Crippen LogP contribution in [-0.4, -0.2) is 41.9 Å². The molecule has 4 heteroatoms. The van der Waals surface area contributed by atoms with Crippen molar-refractivity contribution in [3.05, 3.63) is 0 Å². The van der Waals surface area contributed by atoms with Crippen LogP contribution < -0.4 is 0 Å². The minimum atomic E-state index is 0.260. The Morgan fingerprint density at radius 3 is 2.88 bits per heavy atom. The molecule has 1 aliphatic heterocycles. The van der Waals surface area contributed by atoms with E-state index >= 15 is 0 Å². The summed E-state index contributed by atoms with van der Waals surface area (Å²) in [6.45, 7) is 4.51. The molecule has 16 heavy (non-hydrogen) atoms. The van der Waals surface area contributed by atoms with Gasteiger partial charge in [0.15, 0.2) is 0 Å². The summed E-state index contributed by atoms with van der Waals surface area (Å²) >= 11 is 3.37. The fourth-order valence-electron chi connectivity index (χ4n) is 2.04. The average Bonchev–Trinajstić information content (AvgIpc) is 2.34. The molecule has 1 aliphatic rings. The van der Waals surface area contributed by atoms with Crippen LogP contribution in [0.1, 0.15) is 39.0 Å². The third kappa shape index (κ3) is 4.83. The molecular formula is C12H22BrNO2. The first kappa shape index (κ1) is 14.0. The molecule has 0 spiro atoms. The predicted molar refractivity (Wildman–Crippen MR) is 68.9 cm³/mol. The summed E-state index contributed by atoms with van der Waals surface area (Å²) < 4.78 is 5.62. The molecule has 0 radical (unpaired) electrons. The van der Waals surface area contributed by atoms with E-state index in [9.17, 15) is 4.79 Å². The monoisotopic (exact) mass is 291 g/mol. The first-order valence-corrected chi connectivity index (χ1v) is 7.35. The Hall–Kier alpha value is -0.0900. The molecule has 1 unspecified atom stereocenters. The Balaban J connectivity index is 2.21. The van der Waals surface area contributed by atoms with Crippen LogP contribution in [-0.2, 0) is 9.53 Å². The molecule has 1 heterocycles. The van der Waals surface area contributed by atoms with Crippen LogP contribution in [0, 0.1) is 0 Å². The lowest BCUT2D eigenvalue weighted by atomic mass is 10.0. The number of rotatable bonds is 6. The number of carbonyl (C=O) groups excluding carboxylic acids is 1. The molecule has 1 atom stereocenters. The third-order valence-corrected chi connectivity index (χ3v) is 3.40. The molecule has 0 aliphatic carbocycles. The number of carbonyl (C=O) groups is 1. The highest BCUT2D eigenvalue weighted by atomic mass is 79.9. The van der Waals surface area contributed by atoms with E-state index in [1.807, 2.05) is 11.8 Å². The molecule has 0 bridgehead atoms. The molecule has 0 aromatic rings. The normalized spacial score (nSPS) is 20.8. The first-order valence-electron chi connectivity index (χ1n) is 6.23. The van der Waals surface area contributed by atoms with E-state index in [-0.39, 0.29) is 5.91 Å². The number of amides is 1. The third-order valence-electron chi connectivity index (χ3n) is 3.04. The van der Waals surface area contributed by atoms with Crippen LogP contribution in [0.5, 0.6) is 0 Å². The number of halogens is 1. The second-order valence-electron chi connectivity index (χ2n) is 4.19. The van der Waals surface area contributed by atoms with E-state index in [1.54, 1.807) is 0 Å². The fraction of sp³-hybridized carbons (Fsp3) is 0.917. The van der Waals surface area contributed by atoms with Gasteiger partial charge in [0.1, 0.15) is 0 Å². The Morgan fingerprint density at radius 1 is 1.50 bits per heavy atom. The van der Waals surface area contributed by atoms with Gasteiger partial charge in [0.05, 0.1) is 6.10 Å². The van der Waals surface area contributed by atoms with Gasteiger partial charge in [-0.25, -0.2) is 0 Å². The molecule has 0 N–H and O–H groups in total. The molecular weight excluding hydrogens is 270 g/mol. The van der Waals surface area contributed by atoms with E-state index in [2.05, 4.69) is 15.9 Å². The van der Waals surface area contributed by atoms with Crippen LogP contribution in [0.3, 0.4) is 0 Å². The van der Waals surface area contributed by atoms with E-state index in [1.165, 1.54) is 12.8 Å².